The van der Waals surface area contributed by atoms with Gasteiger partial charge in [-0.2, -0.15) is 0 Å². The van der Waals surface area contributed by atoms with E-state index in [2.05, 4.69) is 0 Å². The van der Waals surface area contributed by atoms with Crippen molar-refractivity contribution in [3.8, 4) is 0 Å². The molecule has 1 aromatic carbocycles. The van der Waals surface area contributed by atoms with E-state index in [4.69, 9.17) is 20.3 Å². The summed E-state index contributed by atoms with van der Waals surface area (Å²) in [5, 5.41) is 19.4. The Bertz CT molecular complexity index is 753. The first-order valence-corrected chi connectivity index (χ1v) is 10.7. The number of carbonyl (C=O) groups is 2. The summed E-state index contributed by atoms with van der Waals surface area (Å²) in [6.07, 6.45) is 0.342. The van der Waals surface area contributed by atoms with Crippen LogP contribution in [0.5, 0.6) is 0 Å². The van der Waals surface area contributed by atoms with Crippen LogP contribution in [0.25, 0.3) is 0 Å². The fourth-order valence-electron chi connectivity index (χ4n) is 4.06. The summed E-state index contributed by atoms with van der Waals surface area (Å²) >= 11 is 0. The molecule has 1 aliphatic rings. The Hall–Kier alpha value is -2.00. The number of rotatable bonds is 11. The summed E-state index contributed by atoms with van der Waals surface area (Å²) < 4.78 is 10.8. The number of aliphatic hydroxyl groups excluding tert-OH is 1. The molecule has 1 amide bonds. The minimum Gasteiger partial charge on any atom is -0.481 e. The van der Waals surface area contributed by atoms with Crippen LogP contribution < -0.4 is 10.6 Å². The van der Waals surface area contributed by atoms with E-state index in [0.717, 1.165) is 11.3 Å². The third kappa shape index (κ3) is 7.28. The molecule has 0 saturated carbocycles. The van der Waals surface area contributed by atoms with E-state index in [1.165, 1.54) is 0 Å². The number of carboxylic acids is 1. The fraction of sp³-hybridized carbons (Fsp3) is 0.652. The number of hydrogen-bond acceptors (Lipinski definition) is 6. The highest BCUT2D eigenvalue weighted by Gasteiger charge is 2.34. The lowest BCUT2D eigenvalue weighted by atomic mass is 9.79. The van der Waals surface area contributed by atoms with Crippen LogP contribution in [0.3, 0.4) is 0 Å². The van der Waals surface area contributed by atoms with Gasteiger partial charge in [-0.1, -0.05) is 39.0 Å². The molecule has 0 unspecified atom stereocenters. The Morgan fingerprint density at radius 1 is 1.32 bits per heavy atom. The maximum atomic E-state index is 13.3. The summed E-state index contributed by atoms with van der Waals surface area (Å²) in [6.45, 7) is 6.03. The number of aliphatic hydroxyl groups is 1. The minimum atomic E-state index is -0.963. The van der Waals surface area contributed by atoms with Crippen molar-refractivity contribution < 1.29 is 29.3 Å². The third-order valence-electron chi connectivity index (χ3n) is 5.77. The Balaban J connectivity index is 2.05. The SMILES string of the molecule is COCO[C@@H]1Cc2ccccc2N(C(=O)CC(C)(C)C[C@H](N)[C@@H](O)C[C@@H](C)C(=O)O)C1. The molecule has 0 aliphatic carbocycles. The van der Waals surface area contributed by atoms with Crippen LogP contribution in [0.1, 0.15) is 45.6 Å². The van der Waals surface area contributed by atoms with Crippen LogP contribution in [-0.4, -0.2) is 60.8 Å². The lowest BCUT2D eigenvalue weighted by Gasteiger charge is -2.37. The number of benzene rings is 1. The van der Waals surface area contributed by atoms with Crippen molar-refractivity contribution >= 4 is 17.6 Å². The van der Waals surface area contributed by atoms with Gasteiger partial charge >= 0.3 is 5.97 Å². The third-order valence-corrected chi connectivity index (χ3v) is 5.77. The summed E-state index contributed by atoms with van der Waals surface area (Å²) in [6, 6.07) is 7.18. The van der Waals surface area contributed by atoms with Crippen LogP contribution in [0.15, 0.2) is 24.3 Å². The van der Waals surface area contributed by atoms with Gasteiger partial charge in [0.05, 0.1) is 24.7 Å². The summed E-state index contributed by atoms with van der Waals surface area (Å²) in [4.78, 5) is 26.1. The number of para-hydroxylation sites is 1. The molecule has 0 radical (unpaired) electrons. The first kappa shape index (κ1) is 25.3. The van der Waals surface area contributed by atoms with Gasteiger partial charge in [-0.15, -0.1) is 0 Å². The fourth-order valence-corrected chi connectivity index (χ4v) is 4.06. The first-order valence-electron chi connectivity index (χ1n) is 10.7. The van der Waals surface area contributed by atoms with E-state index in [9.17, 15) is 14.7 Å². The Morgan fingerprint density at radius 3 is 2.65 bits per heavy atom. The maximum Gasteiger partial charge on any atom is 0.306 e. The monoisotopic (exact) mass is 436 g/mol. The lowest BCUT2D eigenvalue weighted by molar-refractivity contribution is -0.142. The second-order valence-corrected chi connectivity index (χ2v) is 9.28. The van der Waals surface area contributed by atoms with Gasteiger partial charge in [0.1, 0.15) is 6.79 Å². The number of hydrogen-bond donors (Lipinski definition) is 3. The number of aliphatic carboxylic acids is 1. The quantitative estimate of drug-likeness (QED) is 0.454. The Morgan fingerprint density at radius 2 is 2.00 bits per heavy atom. The number of carboxylic acid groups (broad SMARTS) is 1. The summed E-state index contributed by atoms with van der Waals surface area (Å²) in [7, 11) is 1.57. The zero-order valence-electron chi connectivity index (χ0n) is 18.9. The average Bonchev–Trinajstić information content (AvgIpc) is 2.70. The van der Waals surface area contributed by atoms with Crippen molar-refractivity contribution in [3.63, 3.8) is 0 Å². The minimum absolute atomic E-state index is 0.0382. The Labute approximate surface area is 184 Å². The zero-order valence-corrected chi connectivity index (χ0v) is 18.9. The van der Waals surface area contributed by atoms with Gasteiger partial charge in [0.25, 0.3) is 0 Å². The number of ether oxygens (including phenoxy) is 2. The van der Waals surface area contributed by atoms with E-state index < -0.39 is 29.4 Å². The van der Waals surface area contributed by atoms with Crippen molar-refractivity contribution in [1.82, 2.24) is 0 Å². The van der Waals surface area contributed by atoms with Gasteiger partial charge in [0.2, 0.25) is 5.91 Å². The molecule has 174 valence electrons. The molecule has 2 rings (SSSR count). The number of fused-ring (bicyclic) bond motifs is 1. The maximum absolute atomic E-state index is 13.3. The van der Waals surface area contributed by atoms with Crippen molar-refractivity contribution in [1.29, 1.82) is 0 Å². The number of carbonyl (C=O) groups excluding carboxylic acids is 1. The van der Waals surface area contributed by atoms with Crippen molar-refractivity contribution in [3.05, 3.63) is 29.8 Å². The average molecular weight is 437 g/mol. The van der Waals surface area contributed by atoms with Crippen LogP contribution in [-0.2, 0) is 25.5 Å². The van der Waals surface area contributed by atoms with Crippen LogP contribution in [0, 0.1) is 11.3 Å². The van der Waals surface area contributed by atoms with E-state index in [1.54, 1.807) is 18.9 Å². The van der Waals surface area contributed by atoms with Gasteiger partial charge in [-0.05, 0) is 29.9 Å². The van der Waals surface area contributed by atoms with Crippen molar-refractivity contribution in [2.75, 3.05) is 25.3 Å². The van der Waals surface area contributed by atoms with Crippen molar-refractivity contribution in [2.45, 2.75) is 64.7 Å². The highest BCUT2D eigenvalue weighted by molar-refractivity contribution is 5.95. The molecular weight excluding hydrogens is 400 g/mol. The predicted molar refractivity (Wildman–Crippen MR) is 118 cm³/mol. The van der Waals surface area contributed by atoms with Crippen molar-refractivity contribution in [2.24, 2.45) is 17.1 Å². The number of methoxy groups -OCH3 is 1. The first-order chi connectivity index (χ1) is 14.5. The highest BCUT2D eigenvalue weighted by Crippen LogP contribution is 2.33. The molecule has 8 heteroatoms. The number of nitrogens with zero attached hydrogens (tertiary/aromatic N) is 1. The molecule has 0 aromatic heterocycles. The van der Waals surface area contributed by atoms with Gasteiger partial charge in [0.15, 0.2) is 0 Å². The number of anilines is 1. The summed E-state index contributed by atoms with van der Waals surface area (Å²) in [5.74, 6) is -1.68. The molecule has 8 nitrogen and oxygen atoms in total. The highest BCUT2D eigenvalue weighted by atomic mass is 16.7. The molecule has 4 N–H and O–H groups in total. The molecule has 1 aromatic rings. The van der Waals surface area contributed by atoms with E-state index in [1.807, 2.05) is 38.1 Å². The molecule has 31 heavy (non-hydrogen) atoms. The van der Waals surface area contributed by atoms with E-state index in [0.29, 0.717) is 19.4 Å². The van der Waals surface area contributed by atoms with E-state index >= 15 is 0 Å². The molecular formula is C23H36N2O6. The van der Waals surface area contributed by atoms with Gasteiger partial charge < -0.3 is 30.3 Å². The van der Waals surface area contributed by atoms with Gasteiger partial charge in [-0.25, -0.2) is 0 Å². The molecule has 0 fully saturated rings. The van der Waals surface area contributed by atoms with Gasteiger partial charge in [0, 0.05) is 31.7 Å². The second-order valence-electron chi connectivity index (χ2n) is 9.28. The van der Waals surface area contributed by atoms with Crippen LogP contribution >= 0.6 is 0 Å². The smallest absolute Gasteiger partial charge is 0.306 e. The lowest BCUT2D eigenvalue weighted by Crippen LogP contribution is -2.46. The van der Waals surface area contributed by atoms with Crippen LogP contribution in [0.2, 0.25) is 0 Å². The molecule has 0 spiro atoms. The number of amides is 1. The topological polar surface area (TPSA) is 122 Å². The predicted octanol–water partition coefficient (Wildman–Crippen LogP) is 2.17. The van der Waals surface area contributed by atoms with Gasteiger partial charge in [-0.3, -0.25) is 9.59 Å². The second kappa shape index (κ2) is 11.0. The summed E-state index contributed by atoms with van der Waals surface area (Å²) in [5.41, 5.74) is 7.63. The molecule has 1 aliphatic heterocycles. The molecule has 1 heterocycles. The van der Waals surface area contributed by atoms with E-state index in [-0.39, 0.29) is 31.6 Å². The Kier molecular flexibility index (Phi) is 9.00. The zero-order chi connectivity index (χ0) is 23.2. The molecule has 0 saturated heterocycles. The van der Waals surface area contributed by atoms with Crippen LogP contribution in [0.4, 0.5) is 5.69 Å². The molecule has 4 atom stereocenters. The largest absolute Gasteiger partial charge is 0.481 e. The number of nitrogens with two attached hydrogens (primary N) is 1. The standard InChI is InChI=1S/C23H36N2O6/c1-15(22(28)29)9-20(26)18(24)11-23(2,3)12-21(27)25-13-17(31-14-30-4)10-16-7-5-6-8-19(16)25/h5-8,15,17-18,20,26H,9-14,24H2,1-4H3,(H,28,29)/t15-,17-,18+,20+/m1/s1. The molecule has 0 bridgehead atoms. The normalized spacial score (nSPS) is 19.4.